The van der Waals surface area contributed by atoms with Crippen LogP contribution in [0.4, 0.5) is 0 Å². The summed E-state index contributed by atoms with van der Waals surface area (Å²) in [7, 11) is 0. The molecule has 0 bridgehead atoms. The van der Waals surface area contributed by atoms with Gasteiger partial charge in [0.25, 0.3) is 5.91 Å². The van der Waals surface area contributed by atoms with E-state index < -0.39 is 0 Å². The van der Waals surface area contributed by atoms with E-state index in [0.29, 0.717) is 11.6 Å². The summed E-state index contributed by atoms with van der Waals surface area (Å²) in [5.41, 5.74) is 1.64. The average molecular weight is 329 g/mol. The van der Waals surface area contributed by atoms with Crippen molar-refractivity contribution in [2.75, 3.05) is 32.7 Å². The van der Waals surface area contributed by atoms with Gasteiger partial charge in [-0.15, -0.1) is 11.3 Å². The monoisotopic (exact) mass is 329 g/mol. The number of hydrogen-bond donors (Lipinski definition) is 0. The van der Waals surface area contributed by atoms with Gasteiger partial charge in [-0.25, -0.2) is 4.98 Å². The zero-order valence-electron chi connectivity index (χ0n) is 13.7. The van der Waals surface area contributed by atoms with Gasteiger partial charge in [-0.1, -0.05) is 44.2 Å². The molecule has 0 unspecified atom stereocenters. The van der Waals surface area contributed by atoms with Crippen LogP contribution in [0, 0.1) is 5.92 Å². The number of nitrogens with zero attached hydrogens (tertiary/aromatic N) is 3. The van der Waals surface area contributed by atoms with Crippen LogP contribution < -0.4 is 0 Å². The van der Waals surface area contributed by atoms with Gasteiger partial charge in [-0.05, 0) is 5.92 Å². The quantitative estimate of drug-likeness (QED) is 0.864. The van der Waals surface area contributed by atoms with Gasteiger partial charge in [0.2, 0.25) is 0 Å². The summed E-state index contributed by atoms with van der Waals surface area (Å²) in [5.74, 6) is 0.733. The van der Waals surface area contributed by atoms with Gasteiger partial charge in [0.15, 0.2) is 0 Å². The normalized spacial score (nSPS) is 16.0. The lowest BCUT2D eigenvalue weighted by Crippen LogP contribution is -2.49. The van der Waals surface area contributed by atoms with E-state index in [-0.39, 0.29) is 5.91 Å². The molecule has 0 aliphatic carbocycles. The minimum Gasteiger partial charge on any atom is -0.335 e. The van der Waals surface area contributed by atoms with E-state index in [2.05, 4.69) is 23.7 Å². The van der Waals surface area contributed by atoms with Crippen LogP contribution in [-0.4, -0.2) is 53.4 Å². The van der Waals surface area contributed by atoms with Crippen molar-refractivity contribution >= 4 is 17.2 Å². The van der Waals surface area contributed by atoms with Crippen molar-refractivity contribution in [3.05, 3.63) is 41.4 Å². The maximum atomic E-state index is 12.6. The fourth-order valence-corrected chi connectivity index (χ4v) is 3.70. The first-order valence-corrected chi connectivity index (χ1v) is 9.04. The molecule has 1 aliphatic heterocycles. The summed E-state index contributed by atoms with van der Waals surface area (Å²) in [6, 6.07) is 10.0. The Balaban J connectivity index is 1.62. The molecule has 1 amide bonds. The van der Waals surface area contributed by atoms with Crippen molar-refractivity contribution in [2.24, 2.45) is 5.92 Å². The van der Waals surface area contributed by atoms with Gasteiger partial charge in [-0.2, -0.15) is 0 Å². The molecule has 1 fully saturated rings. The van der Waals surface area contributed by atoms with Crippen molar-refractivity contribution in [2.45, 2.75) is 13.8 Å². The summed E-state index contributed by atoms with van der Waals surface area (Å²) >= 11 is 1.53. The number of piperazine rings is 1. The first-order chi connectivity index (χ1) is 11.1. The highest BCUT2D eigenvalue weighted by atomic mass is 32.1. The topological polar surface area (TPSA) is 36.4 Å². The van der Waals surface area contributed by atoms with E-state index in [1.54, 1.807) is 0 Å². The van der Waals surface area contributed by atoms with Gasteiger partial charge >= 0.3 is 0 Å². The van der Waals surface area contributed by atoms with Crippen LogP contribution in [-0.2, 0) is 0 Å². The third kappa shape index (κ3) is 3.98. The molecular formula is C18H23N3OS. The average Bonchev–Trinajstić information content (AvgIpc) is 3.05. The molecular weight excluding hydrogens is 306 g/mol. The Morgan fingerprint density at radius 2 is 1.87 bits per heavy atom. The summed E-state index contributed by atoms with van der Waals surface area (Å²) in [6.45, 7) is 9.08. The van der Waals surface area contributed by atoms with Gasteiger partial charge in [0.1, 0.15) is 10.7 Å². The number of carbonyl (C=O) groups excluding carboxylic acids is 1. The molecule has 1 aliphatic rings. The predicted molar refractivity (Wildman–Crippen MR) is 94.7 cm³/mol. The van der Waals surface area contributed by atoms with E-state index >= 15 is 0 Å². The molecule has 1 aromatic carbocycles. The number of aromatic nitrogens is 1. The fourth-order valence-electron chi connectivity index (χ4n) is 2.90. The van der Waals surface area contributed by atoms with E-state index in [1.165, 1.54) is 11.3 Å². The maximum absolute atomic E-state index is 12.6. The van der Waals surface area contributed by atoms with Crippen LogP contribution in [0.15, 0.2) is 35.7 Å². The Labute approximate surface area is 141 Å². The van der Waals surface area contributed by atoms with Gasteiger partial charge in [0.05, 0.1) is 0 Å². The number of rotatable bonds is 4. The highest BCUT2D eigenvalue weighted by Crippen LogP contribution is 2.24. The SMILES string of the molecule is CC(C)CN1CCN(C(=O)c2csc(-c3ccccc3)n2)CC1. The zero-order chi connectivity index (χ0) is 16.2. The van der Waals surface area contributed by atoms with Crippen molar-refractivity contribution in [3.8, 4) is 10.6 Å². The highest BCUT2D eigenvalue weighted by Gasteiger charge is 2.24. The third-order valence-electron chi connectivity index (χ3n) is 4.03. The minimum atomic E-state index is 0.0626. The smallest absolute Gasteiger partial charge is 0.273 e. The molecule has 0 atom stereocenters. The summed E-state index contributed by atoms with van der Waals surface area (Å²) < 4.78 is 0. The lowest BCUT2D eigenvalue weighted by atomic mass is 10.2. The van der Waals surface area contributed by atoms with E-state index in [4.69, 9.17) is 0 Å². The van der Waals surface area contributed by atoms with Crippen molar-refractivity contribution < 1.29 is 4.79 Å². The molecule has 2 aromatic rings. The predicted octanol–water partition coefficient (Wildman–Crippen LogP) is 3.22. The second-order valence-corrected chi connectivity index (χ2v) is 7.25. The second-order valence-electron chi connectivity index (χ2n) is 6.39. The van der Waals surface area contributed by atoms with Crippen LogP contribution in [0.25, 0.3) is 10.6 Å². The lowest BCUT2D eigenvalue weighted by molar-refractivity contribution is 0.0619. The largest absolute Gasteiger partial charge is 0.335 e. The fraction of sp³-hybridized carbons (Fsp3) is 0.444. The minimum absolute atomic E-state index is 0.0626. The first-order valence-electron chi connectivity index (χ1n) is 8.16. The van der Waals surface area contributed by atoms with E-state index in [9.17, 15) is 4.79 Å². The molecule has 5 heteroatoms. The Bertz CT molecular complexity index is 645. The first kappa shape index (κ1) is 16.1. The molecule has 1 aromatic heterocycles. The summed E-state index contributed by atoms with van der Waals surface area (Å²) in [4.78, 5) is 21.5. The highest BCUT2D eigenvalue weighted by molar-refractivity contribution is 7.13. The molecule has 0 N–H and O–H groups in total. The molecule has 0 saturated carbocycles. The van der Waals surface area contributed by atoms with Crippen LogP contribution in [0.2, 0.25) is 0 Å². The number of carbonyl (C=O) groups is 1. The molecule has 0 spiro atoms. The third-order valence-corrected chi connectivity index (χ3v) is 4.92. The molecule has 4 nitrogen and oxygen atoms in total. The lowest BCUT2D eigenvalue weighted by Gasteiger charge is -2.35. The Morgan fingerprint density at radius 1 is 1.17 bits per heavy atom. The van der Waals surface area contributed by atoms with Gasteiger partial charge in [-0.3, -0.25) is 9.69 Å². The Kier molecular flexibility index (Phi) is 5.08. The molecule has 0 radical (unpaired) electrons. The molecule has 122 valence electrons. The molecule has 1 saturated heterocycles. The van der Waals surface area contributed by atoms with Crippen LogP contribution in [0.5, 0.6) is 0 Å². The zero-order valence-corrected chi connectivity index (χ0v) is 14.6. The number of benzene rings is 1. The van der Waals surface area contributed by atoms with Gasteiger partial charge < -0.3 is 4.90 Å². The molecule has 3 rings (SSSR count). The standard InChI is InChI=1S/C18H23N3OS/c1-14(2)12-20-8-10-21(11-9-20)18(22)16-13-23-17(19-16)15-6-4-3-5-7-15/h3-7,13-14H,8-12H2,1-2H3. The van der Waals surface area contributed by atoms with Crippen molar-refractivity contribution in [1.82, 2.24) is 14.8 Å². The Morgan fingerprint density at radius 3 is 2.52 bits per heavy atom. The van der Waals surface area contributed by atoms with Gasteiger partial charge in [0, 0.05) is 43.7 Å². The van der Waals surface area contributed by atoms with E-state index in [1.807, 2.05) is 40.6 Å². The number of hydrogen-bond acceptors (Lipinski definition) is 4. The van der Waals surface area contributed by atoms with Crippen LogP contribution >= 0.6 is 11.3 Å². The van der Waals surface area contributed by atoms with Crippen molar-refractivity contribution in [1.29, 1.82) is 0 Å². The molecule has 23 heavy (non-hydrogen) atoms. The second kappa shape index (κ2) is 7.23. The number of thiazole rings is 1. The van der Waals surface area contributed by atoms with Crippen LogP contribution in [0.1, 0.15) is 24.3 Å². The van der Waals surface area contributed by atoms with E-state index in [0.717, 1.165) is 43.3 Å². The summed E-state index contributed by atoms with van der Waals surface area (Å²) in [5, 5.41) is 2.79. The van der Waals surface area contributed by atoms with Crippen molar-refractivity contribution in [3.63, 3.8) is 0 Å². The Hall–Kier alpha value is -1.72. The maximum Gasteiger partial charge on any atom is 0.273 e. The summed E-state index contributed by atoms with van der Waals surface area (Å²) in [6.07, 6.45) is 0. The van der Waals surface area contributed by atoms with Crippen LogP contribution in [0.3, 0.4) is 0 Å². The molecule has 2 heterocycles. The number of amides is 1.